The highest BCUT2D eigenvalue weighted by Gasteiger charge is 2.24. The van der Waals surface area contributed by atoms with Gasteiger partial charge in [0.05, 0.1) is 6.26 Å². The molecule has 0 spiro atoms. The zero-order valence-corrected chi connectivity index (χ0v) is 9.25. The minimum Gasteiger partial charge on any atom is -0.515 e. The second kappa shape index (κ2) is 6.29. The van der Waals surface area contributed by atoms with Gasteiger partial charge in [-0.05, 0) is 25.2 Å². The van der Waals surface area contributed by atoms with Crippen LogP contribution in [0.2, 0.25) is 0 Å². The monoisotopic (exact) mass is 206 g/mol. The number of aliphatic hydroxyl groups excluding tert-OH is 1. The highest BCUT2D eigenvalue weighted by Crippen LogP contribution is 2.29. The molecule has 82 valence electrons. The van der Waals surface area contributed by atoms with Crippen molar-refractivity contribution in [3.05, 3.63) is 11.8 Å². The zero-order valence-electron chi connectivity index (χ0n) is 9.25. The molecule has 1 atom stereocenters. The molecule has 0 aromatic carbocycles. The number of carbonyl (C=O) groups is 1. The van der Waals surface area contributed by atoms with Crippen molar-refractivity contribution >= 4 is 5.78 Å². The molecular formula is C13H18O2. The van der Waals surface area contributed by atoms with Gasteiger partial charge in [-0.15, -0.1) is 11.8 Å². The van der Waals surface area contributed by atoms with Crippen LogP contribution in [0.15, 0.2) is 11.8 Å². The van der Waals surface area contributed by atoms with Crippen LogP contribution >= 0.6 is 0 Å². The first kappa shape index (κ1) is 11.8. The van der Waals surface area contributed by atoms with E-state index in [1.165, 1.54) is 0 Å². The molecule has 0 heterocycles. The number of aliphatic hydroxyl groups is 1. The Bertz CT molecular complexity index is 304. The van der Waals surface area contributed by atoms with E-state index < -0.39 is 0 Å². The van der Waals surface area contributed by atoms with E-state index in [1.54, 1.807) is 0 Å². The minimum atomic E-state index is 0.109. The molecular weight excluding hydrogens is 188 g/mol. The van der Waals surface area contributed by atoms with Crippen LogP contribution in [-0.2, 0) is 4.79 Å². The van der Waals surface area contributed by atoms with Gasteiger partial charge in [0.15, 0.2) is 5.78 Å². The van der Waals surface area contributed by atoms with Crippen molar-refractivity contribution in [2.75, 3.05) is 0 Å². The van der Waals surface area contributed by atoms with E-state index in [4.69, 9.17) is 5.11 Å². The molecule has 0 amide bonds. The fourth-order valence-electron chi connectivity index (χ4n) is 1.97. The normalized spacial score (nSPS) is 23.7. The minimum absolute atomic E-state index is 0.109. The van der Waals surface area contributed by atoms with Crippen LogP contribution in [0.25, 0.3) is 0 Å². The van der Waals surface area contributed by atoms with Crippen molar-refractivity contribution in [1.82, 2.24) is 0 Å². The van der Waals surface area contributed by atoms with Crippen molar-refractivity contribution in [3.8, 4) is 11.8 Å². The number of carbonyl (C=O) groups excluding carboxylic acids is 1. The Labute approximate surface area is 91.4 Å². The van der Waals surface area contributed by atoms with Crippen LogP contribution in [0, 0.1) is 17.8 Å². The Hall–Kier alpha value is -1.23. The summed E-state index contributed by atoms with van der Waals surface area (Å²) in [5.74, 6) is 6.42. The van der Waals surface area contributed by atoms with Crippen molar-refractivity contribution in [2.24, 2.45) is 5.92 Å². The third-order valence-corrected chi connectivity index (χ3v) is 2.78. The second-order valence-corrected chi connectivity index (χ2v) is 3.84. The number of allylic oxidation sites excluding steroid dienone is 1. The van der Waals surface area contributed by atoms with Gasteiger partial charge >= 0.3 is 0 Å². The standard InChI is InChI=1S/C13H18O2/c1-2-3-4-5-7-11-8-6-9-13(15)12(11)10-14/h10-11,14H,2,5-9H2,1H3/b12-10+. The third kappa shape index (κ3) is 3.43. The summed E-state index contributed by atoms with van der Waals surface area (Å²) in [6.07, 6.45) is 6.14. The molecule has 0 saturated heterocycles. The Morgan fingerprint density at radius 1 is 1.53 bits per heavy atom. The van der Waals surface area contributed by atoms with E-state index in [9.17, 15) is 4.79 Å². The van der Waals surface area contributed by atoms with Crippen molar-refractivity contribution in [2.45, 2.75) is 45.4 Å². The number of hydrogen-bond acceptors (Lipinski definition) is 2. The van der Waals surface area contributed by atoms with Crippen LogP contribution in [0.4, 0.5) is 0 Å². The van der Waals surface area contributed by atoms with Crippen LogP contribution in [0.3, 0.4) is 0 Å². The Balaban J connectivity index is 2.49. The zero-order chi connectivity index (χ0) is 11.1. The smallest absolute Gasteiger partial charge is 0.162 e. The van der Waals surface area contributed by atoms with Crippen LogP contribution in [0.1, 0.15) is 45.4 Å². The Kier molecular flexibility index (Phi) is 4.97. The molecule has 2 heteroatoms. The van der Waals surface area contributed by atoms with Gasteiger partial charge in [-0.2, -0.15) is 0 Å². The fourth-order valence-corrected chi connectivity index (χ4v) is 1.97. The average molecular weight is 206 g/mol. The van der Waals surface area contributed by atoms with Crippen LogP contribution < -0.4 is 0 Å². The predicted molar refractivity (Wildman–Crippen MR) is 60.4 cm³/mol. The predicted octanol–water partition coefficient (Wildman–Crippen LogP) is 2.99. The van der Waals surface area contributed by atoms with E-state index in [1.807, 2.05) is 6.92 Å². The molecule has 15 heavy (non-hydrogen) atoms. The maximum absolute atomic E-state index is 11.5. The molecule has 0 aromatic rings. The summed E-state index contributed by atoms with van der Waals surface area (Å²) in [6.45, 7) is 2.02. The molecule has 1 aliphatic rings. The van der Waals surface area contributed by atoms with Crippen LogP contribution in [-0.4, -0.2) is 10.9 Å². The average Bonchev–Trinajstić information content (AvgIpc) is 2.24. The van der Waals surface area contributed by atoms with Gasteiger partial charge in [0.2, 0.25) is 0 Å². The van der Waals surface area contributed by atoms with Crippen molar-refractivity contribution in [1.29, 1.82) is 0 Å². The van der Waals surface area contributed by atoms with Gasteiger partial charge in [-0.3, -0.25) is 4.79 Å². The van der Waals surface area contributed by atoms with E-state index >= 15 is 0 Å². The second-order valence-electron chi connectivity index (χ2n) is 3.84. The van der Waals surface area contributed by atoms with Gasteiger partial charge < -0.3 is 5.11 Å². The molecule has 1 N–H and O–H groups in total. The van der Waals surface area contributed by atoms with Crippen LogP contribution in [0.5, 0.6) is 0 Å². The molecule has 0 bridgehead atoms. The lowest BCUT2D eigenvalue weighted by Gasteiger charge is -2.22. The summed E-state index contributed by atoms with van der Waals surface area (Å²) in [4.78, 5) is 11.5. The molecule has 2 nitrogen and oxygen atoms in total. The molecule has 0 aromatic heterocycles. The first-order valence-corrected chi connectivity index (χ1v) is 5.62. The van der Waals surface area contributed by atoms with E-state index in [2.05, 4.69) is 11.8 Å². The fraction of sp³-hybridized carbons (Fsp3) is 0.615. The van der Waals surface area contributed by atoms with E-state index in [-0.39, 0.29) is 11.7 Å². The SMILES string of the molecule is CCC#CCCC1CCCC(=O)/C1=C/O. The summed E-state index contributed by atoms with van der Waals surface area (Å²) >= 11 is 0. The molecule has 1 rings (SSSR count). The van der Waals surface area contributed by atoms with Gasteiger partial charge in [-0.25, -0.2) is 0 Å². The van der Waals surface area contributed by atoms with Crippen molar-refractivity contribution < 1.29 is 9.90 Å². The molecule has 1 unspecified atom stereocenters. The third-order valence-electron chi connectivity index (χ3n) is 2.78. The van der Waals surface area contributed by atoms with E-state index in [0.717, 1.165) is 38.4 Å². The van der Waals surface area contributed by atoms with Gasteiger partial charge in [0.1, 0.15) is 0 Å². The number of ketones is 1. The Morgan fingerprint density at radius 2 is 2.33 bits per heavy atom. The highest BCUT2D eigenvalue weighted by atomic mass is 16.2. The molecule has 1 aliphatic carbocycles. The van der Waals surface area contributed by atoms with E-state index in [0.29, 0.717) is 12.0 Å². The number of rotatable bonds is 2. The summed E-state index contributed by atoms with van der Waals surface area (Å²) in [5.41, 5.74) is 0.611. The maximum Gasteiger partial charge on any atom is 0.162 e. The topological polar surface area (TPSA) is 37.3 Å². The summed E-state index contributed by atoms with van der Waals surface area (Å²) in [7, 11) is 0. The highest BCUT2D eigenvalue weighted by molar-refractivity contribution is 5.96. The van der Waals surface area contributed by atoms with Crippen molar-refractivity contribution in [3.63, 3.8) is 0 Å². The number of Topliss-reactive ketones (excluding diaryl/α,β-unsaturated/α-hetero) is 1. The lowest BCUT2D eigenvalue weighted by molar-refractivity contribution is -0.117. The molecule has 1 saturated carbocycles. The first-order valence-electron chi connectivity index (χ1n) is 5.62. The summed E-state index contributed by atoms with van der Waals surface area (Å²) < 4.78 is 0. The maximum atomic E-state index is 11.5. The van der Waals surface area contributed by atoms with Gasteiger partial charge in [0.25, 0.3) is 0 Å². The lowest BCUT2D eigenvalue weighted by atomic mass is 9.81. The Morgan fingerprint density at radius 3 is 3.00 bits per heavy atom. The summed E-state index contributed by atoms with van der Waals surface area (Å²) in [5, 5.41) is 9.02. The summed E-state index contributed by atoms with van der Waals surface area (Å²) in [6, 6.07) is 0. The van der Waals surface area contributed by atoms with Gasteiger partial charge in [-0.1, -0.05) is 6.92 Å². The number of hydrogen-bond donors (Lipinski definition) is 1. The molecule has 0 aliphatic heterocycles. The van der Waals surface area contributed by atoms with Gasteiger partial charge in [0, 0.05) is 24.8 Å². The largest absolute Gasteiger partial charge is 0.515 e. The first-order chi connectivity index (χ1) is 7.29. The quantitative estimate of drug-likeness (QED) is 0.428. The lowest BCUT2D eigenvalue weighted by Crippen LogP contribution is -2.19. The molecule has 0 radical (unpaired) electrons. The molecule has 1 fully saturated rings.